The Hall–Kier alpha value is -0.800. The van der Waals surface area contributed by atoms with Crippen LogP contribution >= 0.6 is 24.0 Å². The highest BCUT2D eigenvalue weighted by Gasteiger charge is 2.09. The number of aromatic carboxylic acids is 1. The van der Waals surface area contributed by atoms with Crippen molar-refractivity contribution in [1.29, 1.82) is 0 Å². The predicted molar refractivity (Wildman–Crippen MR) is 48.2 cm³/mol. The fourth-order valence-electron chi connectivity index (χ4n) is 0.728. The molecule has 1 N–H and O–H groups in total. The summed E-state index contributed by atoms with van der Waals surface area (Å²) < 4.78 is 0. The van der Waals surface area contributed by atoms with Gasteiger partial charge in [0, 0.05) is 16.8 Å². The van der Waals surface area contributed by atoms with Gasteiger partial charge >= 0.3 is 5.97 Å². The first-order valence-corrected chi connectivity index (χ1v) is 3.35. The first-order chi connectivity index (χ1) is 5.13. The van der Waals surface area contributed by atoms with Crippen LogP contribution < -0.4 is 0 Å². The highest BCUT2D eigenvalue weighted by Crippen LogP contribution is 2.15. The first-order valence-electron chi connectivity index (χ1n) is 2.97. The van der Waals surface area contributed by atoms with Crippen LogP contribution in [0.2, 0.25) is 5.02 Å². The third-order valence-electron chi connectivity index (χ3n) is 1.34. The number of nitrogens with zero attached hydrogens (tertiary/aromatic N) is 1. The topological polar surface area (TPSA) is 50.2 Å². The summed E-state index contributed by atoms with van der Waals surface area (Å²) in [5.41, 5.74) is 0.513. The van der Waals surface area contributed by atoms with E-state index >= 15 is 0 Å². The van der Waals surface area contributed by atoms with Crippen LogP contribution in [-0.2, 0) is 0 Å². The van der Waals surface area contributed by atoms with Crippen molar-refractivity contribution >= 4 is 30.0 Å². The molecule has 0 radical (unpaired) electrons. The van der Waals surface area contributed by atoms with Gasteiger partial charge in [-0.1, -0.05) is 11.6 Å². The van der Waals surface area contributed by atoms with Crippen molar-refractivity contribution in [1.82, 2.24) is 4.98 Å². The summed E-state index contributed by atoms with van der Waals surface area (Å²) in [6.07, 6.45) is 1.37. The summed E-state index contributed by atoms with van der Waals surface area (Å²) in [7, 11) is 0. The molecular formula is C7H7Cl2NO2. The minimum atomic E-state index is -1.05. The second-order valence-electron chi connectivity index (χ2n) is 2.07. The maximum absolute atomic E-state index is 10.5. The summed E-state index contributed by atoms with van der Waals surface area (Å²) in [5, 5.41) is 9.00. The number of pyridine rings is 1. The summed E-state index contributed by atoms with van der Waals surface area (Å²) in [6.45, 7) is 1.62. The maximum atomic E-state index is 10.5. The van der Waals surface area contributed by atoms with E-state index in [9.17, 15) is 4.79 Å². The molecule has 1 aromatic rings. The van der Waals surface area contributed by atoms with Gasteiger partial charge in [-0.3, -0.25) is 0 Å². The van der Waals surface area contributed by atoms with Gasteiger partial charge in [0.15, 0.2) is 5.69 Å². The second kappa shape index (κ2) is 4.28. The molecule has 1 heterocycles. The number of carboxylic acid groups (broad SMARTS) is 1. The zero-order chi connectivity index (χ0) is 8.43. The van der Waals surface area contributed by atoms with Crippen molar-refractivity contribution in [2.45, 2.75) is 6.92 Å². The summed E-state index contributed by atoms with van der Waals surface area (Å²) in [5.74, 6) is -1.05. The van der Waals surface area contributed by atoms with E-state index in [1.165, 1.54) is 6.20 Å². The predicted octanol–water partition coefficient (Wildman–Crippen LogP) is 2.16. The molecule has 5 heteroatoms. The zero-order valence-corrected chi connectivity index (χ0v) is 7.82. The Labute approximate surface area is 80.8 Å². The molecule has 0 unspecified atom stereocenters. The maximum Gasteiger partial charge on any atom is 0.354 e. The highest BCUT2D eigenvalue weighted by molar-refractivity contribution is 6.31. The molecule has 0 aliphatic heterocycles. The Balaban J connectivity index is 0.00000121. The van der Waals surface area contributed by atoms with Crippen molar-refractivity contribution in [2.24, 2.45) is 0 Å². The Morgan fingerprint density at radius 2 is 2.25 bits per heavy atom. The molecule has 0 amide bonds. The van der Waals surface area contributed by atoms with E-state index in [2.05, 4.69) is 4.98 Å². The third-order valence-corrected chi connectivity index (χ3v) is 1.75. The van der Waals surface area contributed by atoms with Gasteiger partial charge in [-0.2, -0.15) is 0 Å². The molecule has 0 saturated carbocycles. The lowest BCUT2D eigenvalue weighted by Crippen LogP contribution is -2.02. The van der Waals surface area contributed by atoms with E-state index in [-0.39, 0.29) is 18.1 Å². The van der Waals surface area contributed by atoms with Crippen LogP contribution in [0.25, 0.3) is 0 Å². The van der Waals surface area contributed by atoms with E-state index in [1.807, 2.05) is 0 Å². The molecule has 0 aliphatic carbocycles. The number of aromatic nitrogens is 1. The molecule has 1 rings (SSSR count). The molecule has 12 heavy (non-hydrogen) atoms. The van der Waals surface area contributed by atoms with E-state index in [0.717, 1.165) is 0 Å². The van der Waals surface area contributed by atoms with Gasteiger partial charge in [-0.25, -0.2) is 9.78 Å². The van der Waals surface area contributed by atoms with Crippen molar-refractivity contribution in [2.75, 3.05) is 0 Å². The molecule has 0 fully saturated rings. The molecular weight excluding hydrogens is 201 g/mol. The van der Waals surface area contributed by atoms with Crippen LogP contribution in [0, 0.1) is 6.92 Å². The lowest BCUT2D eigenvalue weighted by molar-refractivity contribution is 0.0689. The second-order valence-corrected chi connectivity index (χ2v) is 2.48. The highest BCUT2D eigenvalue weighted by atomic mass is 35.5. The average molecular weight is 208 g/mol. The van der Waals surface area contributed by atoms with Crippen molar-refractivity contribution in [3.63, 3.8) is 0 Å². The van der Waals surface area contributed by atoms with E-state index in [1.54, 1.807) is 13.0 Å². The zero-order valence-electron chi connectivity index (χ0n) is 6.24. The van der Waals surface area contributed by atoms with Crippen LogP contribution in [0.4, 0.5) is 0 Å². The summed E-state index contributed by atoms with van der Waals surface area (Å²) in [6, 6.07) is 1.56. The van der Waals surface area contributed by atoms with Crippen LogP contribution in [0.3, 0.4) is 0 Å². The fourth-order valence-corrected chi connectivity index (χ4v) is 0.874. The smallest absolute Gasteiger partial charge is 0.354 e. The van der Waals surface area contributed by atoms with Gasteiger partial charge in [0.25, 0.3) is 0 Å². The number of hydrogen-bond acceptors (Lipinski definition) is 2. The van der Waals surface area contributed by atoms with Crippen molar-refractivity contribution in [3.8, 4) is 0 Å². The summed E-state index contributed by atoms with van der Waals surface area (Å²) >= 11 is 5.65. The third kappa shape index (κ3) is 2.09. The van der Waals surface area contributed by atoms with Crippen molar-refractivity contribution < 1.29 is 9.90 Å². The number of halogens is 2. The Bertz CT molecular complexity index is 301. The number of hydrogen-bond donors (Lipinski definition) is 1. The van der Waals surface area contributed by atoms with E-state index < -0.39 is 5.97 Å². The van der Waals surface area contributed by atoms with Gasteiger partial charge in [0.1, 0.15) is 0 Å². The van der Waals surface area contributed by atoms with Gasteiger partial charge in [-0.05, 0) is 13.0 Å². The fraction of sp³-hybridized carbons (Fsp3) is 0.143. The quantitative estimate of drug-likeness (QED) is 0.769. The SMILES string of the molecule is Cc1c(Cl)ccnc1C(=O)O.Cl. The van der Waals surface area contributed by atoms with Crippen LogP contribution in [0.15, 0.2) is 12.3 Å². The van der Waals surface area contributed by atoms with Crippen LogP contribution in [0.1, 0.15) is 16.1 Å². The minimum absolute atomic E-state index is 0. The molecule has 0 spiro atoms. The molecule has 0 aliphatic rings. The summed E-state index contributed by atoms with van der Waals surface area (Å²) in [4.78, 5) is 14.1. The molecule has 66 valence electrons. The molecule has 0 atom stereocenters. The van der Waals surface area contributed by atoms with E-state index in [0.29, 0.717) is 10.6 Å². The minimum Gasteiger partial charge on any atom is -0.477 e. The average Bonchev–Trinajstić information content (AvgIpc) is 1.94. The standard InChI is InChI=1S/C7H6ClNO2.ClH/c1-4-5(8)2-3-9-6(4)7(10)11;/h2-3H,1H3,(H,10,11);1H. The van der Waals surface area contributed by atoms with Gasteiger partial charge in [0.2, 0.25) is 0 Å². The molecule has 1 aromatic heterocycles. The Morgan fingerprint density at radius 1 is 1.67 bits per heavy atom. The monoisotopic (exact) mass is 207 g/mol. The molecule has 0 saturated heterocycles. The number of carbonyl (C=O) groups is 1. The Kier molecular flexibility index (Phi) is 4.00. The van der Waals surface area contributed by atoms with Crippen LogP contribution in [-0.4, -0.2) is 16.1 Å². The number of rotatable bonds is 1. The lowest BCUT2D eigenvalue weighted by Gasteiger charge is -1.99. The molecule has 0 bridgehead atoms. The van der Waals surface area contributed by atoms with Gasteiger partial charge in [-0.15, -0.1) is 12.4 Å². The van der Waals surface area contributed by atoms with Gasteiger partial charge in [0.05, 0.1) is 0 Å². The lowest BCUT2D eigenvalue weighted by atomic mass is 10.2. The largest absolute Gasteiger partial charge is 0.477 e. The molecule has 3 nitrogen and oxygen atoms in total. The van der Waals surface area contributed by atoms with Crippen molar-refractivity contribution in [3.05, 3.63) is 28.5 Å². The molecule has 0 aromatic carbocycles. The van der Waals surface area contributed by atoms with Crippen LogP contribution in [0.5, 0.6) is 0 Å². The Morgan fingerprint density at radius 3 is 2.67 bits per heavy atom. The number of carboxylic acids is 1. The van der Waals surface area contributed by atoms with E-state index in [4.69, 9.17) is 16.7 Å². The first kappa shape index (κ1) is 11.2. The normalized spacial score (nSPS) is 8.83. The van der Waals surface area contributed by atoms with Gasteiger partial charge < -0.3 is 5.11 Å².